The van der Waals surface area contributed by atoms with Crippen molar-refractivity contribution in [1.82, 2.24) is 19.7 Å². The van der Waals surface area contributed by atoms with Crippen molar-refractivity contribution < 1.29 is 18.7 Å². The molecule has 4 aromatic rings. The van der Waals surface area contributed by atoms with E-state index in [4.69, 9.17) is 9.15 Å². The van der Waals surface area contributed by atoms with Crippen LogP contribution >= 0.6 is 0 Å². The fraction of sp³-hybridized carbons (Fsp3) is 0.292. The molecule has 1 fully saturated rings. The van der Waals surface area contributed by atoms with Gasteiger partial charge in [-0.05, 0) is 26.0 Å². The fourth-order valence-corrected chi connectivity index (χ4v) is 3.91. The van der Waals surface area contributed by atoms with Crippen LogP contribution in [-0.2, 0) is 16.1 Å². The minimum absolute atomic E-state index is 0.116. The smallest absolute Gasteiger partial charge is 0.307 e. The van der Waals surface area contributed by atoms with Crippen LogP contribution in [0.2, 0.25) is 0 Å². The molecule has 1 unspecified atom stereocenters. The standard InChI is InChI=1S/C24H24N6O4/c1-3-30-22-17(12-26-30)21(27-16-8-9-33-20(31)10-16)18(11-25-22)24-29-19(13-34-24)23(32)28-15-6-4-14(2)5-7-15/h4-7,11-13,16H,3,8-10H2,1-2H3,(H,25,27)(H,28,32). The second-order valence-electron chi connectivity index (χ2n) is 8.16. The van der Waals surface area contributed by atoms with Gasteiger partial charge >= 0.3 is 5.97 Å². The average molecular weight is 460 g/mol. The van der Waals surface area contributed by atoms with Crippen LogP contribution in [-0.4, -0.2) is 44.3 Å². The van der Waals surface area contributed by atoms with Crippen LogP contribution in [0.4, 0.5) is 11.4 Å². The number of esters is 1. The third-order valence-corrected chi connectivity index (χ3v) is 5.73. The van der Waals surface area contributed by atoms with Crippen molar-refractivity contribution in [3.05, 3.63) is 54.2 Å². The average Bonchev–Trinajstić information content (AvgIpc) is 3.48. The number of aryl methyl sites for hydroxylation is 2. The Hall–Kier alpha value is -4.21. The van der Waals surface area contributed by atoms with E-state index in [1.54, 1.807) is 17.1 Å². The number of carbonyl (C=O) groups excluding carboxylic acids is 2. The lowest BCUT2D eigenvalue weighted by Gasteiger charge is -2.24. The molecule has 1 atom stereocenters. The monoisotopic (exact) mass is 460 g/mol. The summed E-state index contributed by atoms with van der Waals surface area (Å²) in [6, 6.07) is 7.37. The number of hydrogen-bond acceptors (Lipinski definition) is 8. The number of rotatable bonds is 6. The van der Waals surface area contributed by atoms with Crippen molar-refractivity contribution in [2.75, 3.05) is 17.2 Å². The van der Waals surface area contributed by atoms with E-state index >= 15 is 0 Å². The second kappa shape index (κ2) is 8.97. The van der Waals surface area contributed by atoms with Crippen molar-refractivity contribution in [1.29, 1.82) is 0 Å². The van der Waals surface area contributed by atoms with Gasteiger partial charge in [-0.3, -0.25) is 9.59 Å². The summed E-state index contributed by atoms with van der Waals surface area (Å²) < 4.78 is 12.5. The highest BCUT2D eigenvalue weighted by Gasteiger charge is 2.25. The minimum atomic E-state index is -0.378. The van der Waals surface area contributed by atoms with E-state index < -0.39 is 0 Å². The maximum absolute atomic E-state index is 12.7. The van der Waals surface area contributed by atoms with Gasteiger partial charge in [-0.25, -0.2) is 14.6 Å². The molecule has 10 heteroatoms. The van der Waals surface area contributed by atoms with Gasteiger partial charge < -0.3 is 19.8 Å². The van der Waals surface area contributed by atoms with E-state index in [-0.39, 0.29) is 35.9 Å². The molecule has 4 heterocycles. The van der Waals surface area contributed by atoms with Crippen molar-refractivity contribution in [2.45, 2.75) is 39.3 Å². The van der Waals surface area contributed by atoms with Crippen molar-refractivity contribution >= 4 is 34.3 Å². The van der Waals surface area contributed by atoms with E-state index in [0.29, 0.717) is 42.2 Å². The SMILES string of the molecule is CCn1ncc2c(NC3CCOC(=O)C3)c(-c3nc(C(=O)Nc4ccc(C)cc4)co3)cnc21. The number of carbonyl (C=O) groups is 2. The molecule has 3 aromatic heterocycles. The van der Waals surface area contributed by atoms with Crippen LogP contribution in [0.1, 0.15) is 35.8 Å². The highest BCUT2D eigenvalue weighted by atomic mass is 16.5. The Balaban J connectivity index is 1.48. The van der Waals surface area contributed by atoms with Crippen LogP contribution in [0.25, 0.3) is 22.5 Å². The number of aromatic nitrogens is 4. The largest absolute Gasteiger partial charge is 0.466 e. The Morgan fingerprint density at radius 3 is 2.82 bits per heavy atom. The number of benzene rings is 1. The molecular weight excluding hydrogens is 436 g/mol. The molecule has 1 aliphatic heterocycles. The zero-order chi connectivity index (χ0) is 23.7. The number of hydrogen-bond donors (Lipinski definition) is 2. The summed E-state index contributed by atoms with van der Waals surface area (Å²) in [6.45, 7) is 4.98. The first-order valence-corrected chi connectivity index (χ1v) is 11.1. The zero-order valence-electron chi connectivity index (χ0n) is 18.9. The minimum Gasteiger partial charge on any atom is -0.466 e. The molecule has 0 aliphatic carbocycles. The predicted molar refractivity (Wildman–Crippen MR) is 125 cm³/mol. The van der Waals surface area contributed by atoms with Gasteiger partial charge in [0, 0.05) is 30.9 Å². The van der Waals surface area contributed by atoms with Crippen LogP contribution in [0, 0.1) is 6.92 Å². The van der Waals surface area contributed by atoms with Crippen molar-refractivity contribution in [3.63, 3.8) is 0 Å². The molecule has 0 spiro atoms. The van der Waals surface area contributed by atoms with E-state index in [2.05, 4.69) is 25.7 Å². The summed E-state index contributed by atoms with van der Waals surface area (Å²) in [6.07, 6.45) is 5.62. The molecule has 10 nitrogen and oxygen atoms in total. The number of anilines is 2. The number of amides is 1. The molecule has 2 N–H and O–H groups in total. The highest BCUT2D eigenvalue weighted by Crippen LogP contribution is 2.34. The molecule has 1 aromatic carbocycles. The van der Waals surface area contributed by atoms with Gasteiger partial charge in [0.25, 0.3) is 5.91 Å². The number of cyclic esters (lactones) is 1. The van der Waals surface area contributed by atoms with E-state index in [9.17, 15) is 9.59 Å². The summed E-state index contributed by atoms with van der Waals surface area (Å²) in [7, 11) is 0. The maximum Gasteiger partial charge on any atom is 0.307 e. The molecule has 5 rings (SSSR count). The van der Waals surface area contributed by atoms with E-state index in [0.717, 1.165) is 10.9 Å². The Morgan fingerprint density at radius 1 is 1.24 bits per heavy atom. The molecule has 0 radical (unpaired) electrons. The van der Waals surface area contributed by atoms with Crippen LogP contribution in [0.5, 0.6) is 0 Å². The summed E-state index contributed by atoms with van der Waals surface area (Å²) in [5, 5.41) is 11.5. The molecule has 174 valence electrons. The fourth-order valence-electron chi connectivity index (χ4n) is 3.91. The number of oxazole rings is 1. The van der Waals surface area contributed by atoms with Crippen LogP contribution in [0.3, 0.4) is 0 Å². The quantitative estimate of drug-likeness (QED) is 0.417. The number of nitrogens with one attached hydrogen (secondary N) is 2. The Morgan fingerprint density at radius 2 is 2.06 bits per heavy atom. The third kappa shape index (κ3) is 4.21. The normalized spacial score (nSPS) is 15.8. The summed E-state index contributed by atoms with van der Waals surface area (Å²) in [5.74, 6) is -0.379. The molecular formula is C24H24N6O4. The van der Waals surface area contributed by atoms with Gasteiger partial charge in [0.1, 0.15) is 6.26 Å². The summed E-state index contributed by atoms with van der Waals surface area (Å²) >= 11 is 0. The van der Waals surface area contributed by atoms with Crippen LogP contribution < -0.4 is 10.6 Å². The predicted octanol–water partition coefficient (Wildman–Crippen LogP) is 3.78. The molecule has 0 saturated carbocycles. The molecule has 1 saturated heterocycles. The Kier molecular flexibility index (Phi) is 5.70. The topological polar surface area (TPSA) is 124 Å². The van der Waals surface area contributed by atoms with Crippen molar-refractivity contribution in [3.8, 4) is 11.5 Å². The van der Waals surface area contributed by atoms with Gasteiger partial charge in [-0.1, -0.05) is 17.7 Å². The van der Waals surface area contributed by atoms with Gasteiger partial charge in [0.05, 0.1) is 35.9 Å². The number of nitrogens with zero attached hydrogens (tertiary/aromatic N) is 4. The van der Waals surface area contributed by atoms with Gasteiger partial charge in [0.2, 0.25) is 5.89 Å². The number of pyridine rings is 1. The van der Waals surface area contributed by atoms with Crippen LogP contribution in [0.15, 0.2) is 47.3 Å². The first-order valence-electron chi connectivity index (χ1n) is 11.1. The van der Waals surface area contributed by atoms with Gasteiger partial charge in [-0.2, -0.15) is 5.10 Å². The van der Waals surface area contributed by atoms with Gasteiger partial charge in [0.15, 0.2) is 11.3 Å². The summed E-state index contributed by atoms with van der Waals surface area (Å²) in [4.78, 5) is 33.5. The Labute approximate surface area is 195 Å². The van der Waals surface area contributed by atoms with Crippen molar-refractivity contribution in [2.24, 2.45) is 0 Å². The molecule has 1 amide bonds. The second-order valence-corrected chi connectivity index (χ2v) is 8.16. The zero-order valence-corrected chi connectivity index (χ0v) is 18.9. The first-order chi connectivity index (χ1) is 16.5. The maximum atomic E-state index is 12.7. The molecule has 1 aliphatic rings. The first kappa shape index (κ1) is 21.6. The van der Waals surface area contributed by atoms with E-state index in [1.807, 2.05) is 38.1 Å². The summed E-state index contributed by atoms with van der Waals surface area (Å²) in [5.41, 5.74) is 3.90. The lowest BCUT2D eigenvalue weighted by Crippen LogP contribution is -2.31. The lowest BCUT2D eigenvalue weighted by molar-refractivity contribution is -0.147. The van der Waals surface area contributed by atoms with E-state index in [1.165, 1.54) is 6.26 Å². The Bertz CT molecular complexity index is 1360. The third-order valence-electron chi connectivity index (χ3n) is 5.73. The molecule has 0 bridgehead atoms. The van der Waals surface area contributed by atoms with Gasteiger partial charge in [-0.15, -0.1) is 0 Å². The highest BCUT2D eigenvalue weighted by molar-refractivity contribution is 6.03. The number of fused-ring (bicyclic) bond motifs is 1. The number of ether oxygens (including phenoxy) is 1. The lowest BCUT2D eigenvalue weighted by atomic mass is 10.1. The molecule has 34 heavy (non-hydrogen) atoms.